The van der Waals surface area contributed by atoms with Crippen molar-refractivity contribution < 1.29 is 19.0 Å². The van der Waals surface area contributed by atoms with Gasteiger partial charge in [0.05, 0.1) is 18.7 Å². The molecule has 0 bridgehead atoms. The molecule has 32 heavy (non-hydrogen) atoms. The van der Waals surface area contributed by atoms with E-state index in [4.69, 9.17) is 14.2 Å². The number of pyridine rings is 1. The predicted molar refractivity (Wildman–Crippen MR) is 114 cm³/mol. The molecule has 2 aromatic carbocycles. The van der Waals surface area contributed by atoms with Gasteiger partial charge in [-0.05, 0) is 35.4 Å². The van der Waals surface area contributed by atoms with E-state index in [1.807, 2.05) is 53.4 Å². The van der Waals surface area contributed by atoms with E-state index in [1.165, 1.54) is 6.33 Å². The number of carbonyl (C=O) groups is 1. The summed E-state index contributed by atoms with van der Waals surface area (Å²) in [5.41, 5.74) is 3.23. The van der Waals surface area contributed by atoms with Gasteiger partial charge in [-0.2, -0.15) is 5.10 Å². The highest BCUT2D eigenvalue weighted by atomic mass is 16.7. The van der Waals surface area contributed by atoms with Gasteiger partial charge >= 0.3 is 0 Å². The summed E-state index contributed by atoms with van der Waals surface area (Å²) in [5, 5.41) is 4.15. The Kier molecular flexibility index (Phi) is 4.50. The minimum atomic E-state index is -0.303. The zero-order valence-corrected chi connectivity index (χ0v) is 17.1. The van der Waals surface area contributed by atoms with E-state index in [1.54, 1.807) is 22.8 Å². The van der Waals surface area contributed by atoms with Crippen LogP contribution in [0.5, 0.6) is 11.5 Å². The Labute approximate surface area is 184 Å². The van der Waals surface area contributed by atoms with Gasteiger partial charge in [-0.1, -0.05) is 36.4 Å². The molecule has 2 aliphatic heterocycles. The lowest BCUT2D eigenvalue weighted by atomic mass is 10.0. The molecule has 0 aliphatic carbocycles. The molecule has 1 fully saturated rings. The number of rotatable bonds is 3. The van der Waals surface area contributed by atoms with Gasteiger partial charge in [-0.15, -0.1) is 0 Å². The quantitative estimate of drug-likeness (QED) is 0.498. The topological polar surface area (TPSA) is 78.2 Å². The number of hydrogen-bond acceptors (Lipinski definition) is 6. The lowest BCUT2D eigenvalue weighted by Crippen LogP contribution is -2.43. The maximum Gasteiger partial charge on any atom is 0.255 e. The molecule has 4 aromatic rings. The Morgan fingerprint density at radius 2 is 1.72 bits per heavy atom. The number of carbonyl (C=O) groups excluding carboxylic acids is 1. The van der Waals surface area contributed by atoms with E-state index < -0.39 is 0 Å². The molecule has 8 nitrogen and oxygen atoms in total. The van der Waals surface area contributed by atoms with Gasteiger partial charge in [0.1, 0.15) is 18.5 Å². The summed E-state index contributed by atoms with van der Waals surface area (Å²) in [5.74, 6) is 1.35. The molecule has 0 saturated carbocycles. The molecule has 4 heterocycles. The molecule has 2 aliphatic rings. The second-order valence-corrected chi connectivity index (χ2v) is 7.83. The first-order valence-electron chi connectivity index (χ1n) is 10.4. The Morgan fingerprint density at radius 3 is 2.59 bits per heavy atom. The van der Waals surface area contributed by atoms with Gasteiger partial charge in [-0.25, -0.2) is 9.50 Å². The molecule has 0 radical (unpaired) electrons. The molecule has 1 amide bonds. The van der Waals surface area contributed by atoms with Crippen molar-refractivity contribution in [2.24, 2.45) is 0 Å². The largest absolute Gasteiger partial charge is 0.454 e. The van der Waals surface area contributed by atoms with Crippen LogP contribution in [0.1, 0.15) is 33.7 Å². The monoisotopic (exact) mass is 428 g/mol. The Morgan fingerprint density at radius 1 is 0.906 bits per heavy atom. The van der Waals surface area contributed by atoms with E-state index in [9.17, 15) is 4.79 Å². The first kappa shape index (κ1) is 18.8. The summed E-state index contributed by atoms with van der Waals surface area (Å²) < 4.78 is 19.1. The van der Waals surface area contributed by atoms with Crippen molar-refractivity contribution in [1.29, 1.82) is 0 Å². The van der Waals surface area contributed by atoms with Crippen LogP contribution in [-0.4, -0.2) is 45.3 Å². The number of ether oxygens (including phenoxy) is 3. The third-order valence-corrected chi connectivity index (χ3v) is 5.85. The van der Waals surface area contributed by atoms with Gasteiger partial charge in [0, 0.05) is 6.20 Å². The number of morpholine rings is 1. The molecule has 6 rings (SSSR count). The SMILES string of the molecule is O=C(c1ccc2ncnn2c1)N1C[C@@H](c2ccccc2)O[C@@H](c2ccc3c(c2)OCO3)C1. The number of hydrogen-bond donors (Lipinski definition) is 0. The van der Waals surface area contributed by atoms with Crippen molar-refractivity contribution in [3.05, 3.63) is 89.9 Å². The molecule has 0 spiro atoms. The second kappa shape index (κ2) is 7.65. The molecule has 0 unspecified atom stereocenters. The van der Waals surface area contributed by atoms with Crippen molar-refractivity contribution in [2.75, 3.05) is 19.9 Å². The van der Waals surface area contributed by atoms with Gasteiger partial charge < -0.3 is 19.1 Å². The van der Waals surface area contributed by atoms with E-state index in [-0.39, 0.29) is 24.9 Å². The molecule has 2 atom stereocenters. The molecular weight excluding hydrogens is 408 g/mol. The lowest BCUT2D eigenvalue weighted by molar-refractivity contribution is -0.0797. The maximum atomic E-state index is 13.5. The summed E-state index contributed by atoms with van der Waals surface area (Å²) in [6, 6.07) is 19.4. The molecule has 0 N–H and O–H groups in total. The van der Waals surface area contributed by atoms with Crippen LogP contribution in [0.4, 0.5) is 0 Å². The molecule has 1 saturated heterocycles. The van der Waals surface area contributed by atoms with Crippen LogP contribution in [0.25, 0.3) is 5.65 Å². The van der Waals surface area contributed by atoms with Crippen LogP contribution in [0.2, 0.25) is 0 Å². The Hall–Kier alpha value is -3.91. The summed E-state index contributed by atoms with van der Waals surface area (Å²) >= 11 is 0. The molecular formula is C24H20N4O4. The summed E-state index contributed by atoms with van der Waals surface area (Å²) in [6.45, 7) is 1.10. The summed E-state index contributed by atoms with van der Waals surface area (Å²) in [6.07, 6.45) is 2.63. The normalized spacial score (nSPS) is 19.9. The first-order chi connectivity index (χ1) is 15.7. The summed E-state index contributed by atoms with van der Waals surface area (Å²) in [7, 11) is 0. The van der Waals surface area contributed by atoms with E-state index in [2.05, 4.69) is 10.1 Å². The third-order valence-electron chi connectivity index (χ3n) is 5.85. The van der Waals surface area contributed by atoms with E-state index in [0.717, 1.165) is 16.9 Å². The lowest BCUT2D eigenvalue weighted by Gasteiger charge is -2.38. The average molecular weight is 428 g/mol. The number of amides is 1. The minimum Gasteiger partial charge on any atom is -0.454 e. The van der Waals surface area contributed by atoms with E-state index in [0.29, 0.717) is 30.0 Å². The second-order valence-electron chi connectivity index (χ2n) is 7.83. The fraction of sp³-hybridized carbons (Fsp3) is 0.208. The number of fused-ring (bicyclic) bond motifs is 2. The van der Waals surface area contributed by atoms with Gasteiger partial charge in [0.2, 0.25) is 6.79 Å². The average Bonchev–Trinajstić information content (AvgIpc) is 3.52. The molecule has 2 aromatic heterocycles. The Bertz CT molecular complexity index is 1290. The van der Waals surface area contributed by atoms with Gasteiger partial charge in [0.25, 0.3) is 5.91 Å². The summed E-state index contributed by atoms with van der Waals surface area (Å²) in [4.78, 5) is 19.5. The van der Waals surface area contributed by atoms with Crippen LogP contribution in [0, 0.1) is 0 Å². The first-order valence-corrected chi connectivity index (χ1v) is 10.4. The molecule has 8 heteroatoms. The van der Waals surface area contributed by atoms with Crippen molar-refractivity contribution in [2.45, 2.75) is 12.2 Å². The number of nitrogens with zero attached hydrogens (tertiary/aromatic N) is 4. The molecule has 160 valence electrons. The van der Waals surface area contributed by atoms with Gasteiger partial charge in [-0.3, -0.25) is 4.79 Å². The predicted octanol–water partition coefficient (Wildman–Crippen LogP) is 3.41. The number of benzene rings is 2. The number of aromatic nitrogens is 3. The van der Waals surface area contributed by atoms with Crippen LogP contribution in [0.15, 0.2) is 73.2 Å². The zero-order chi connectivity index (χ0) is 21.5. The Balaban J connectivity index is 1.34. The van der Waals surface area contributed by atoms with Crippen LogP contribution in [-0.2, 0) is 4.74 Å². The van der Waals surface area contributed by atoms with Crippen molar-refractivity contribution in [3.8, 4) is 11.5 Å². The zero-order valence-electron chi connectivity index (χ0n) is 17.1. The van der Waals surface area contributed by atoms with Gasteiger partial charge in [0.15, 0.2) is 17.1 Å². The smallest absolute Gasteiger partial charge is 0.255 e. The fourth-order valence-corrected chi connectivity index (χ4v) is 4.20. The highest BCUT2D eigenvalue weighted by Gasteiger charge is 2.33. The highest BCUT2D eigenvalue weighted by molar-refractivity contribution is 5.94. The van der Waals surface area contributed by atoms with Crippen LogP contribution < -0.4 is 9.47 Å². The minimum absolute atomic E-state index is 0.0719. The van der Waals surface area contributed by atoms with E-state index >= 15 is 0 Å². The van der Waals surface area contributed by atoms with Crippen molar-refractivity contribution in [1.82, 2.24) is 19.5 Å². The maximum absolute atomic E-state index is 13.5. The van der Waals surface area contributed by atoms with Crippen molar-refractivity contribution in [3.63, 3.8) is 0 Å². The fourth-order valence-electron chi connectivity index (χ4n) is 4.20. The van der Waals surface area contributed by atoms with Crippen LogP contribution in [0.3, 0.4) is 0 Å². The van der Waals surface area contributed by atoms with Crippen LogP contribution >= 0.6 is 0 Å². The third kappa shape index (κ3) is 3.34. The highest BCUT2D eigenvalue weighted by Crippen LogP contribution is 2.38. The van der Waals surface area contributed by atoms with Crippen molar-refractivity contribution >= 4 is 11.6 Å². The standard InChI is InChI=1S/C24H20N4O4/c29-24(18-7-9-23-25-14-26-28(23)11-18)27-12-21(16-4-2-1-3-5-16)32-22(13-27)17-6-8-19-20(10-17)31-15-30-19/h1-11,14,21-22H,12-13,15H2/t21-,22+/m0/s1.